The highest BCUT2D eigenvalue weighted by molar-refractivity contribution is 5.97. The van der Waals surface area contributed by atoms with Crippen LogP contribution in [0.5, 0.6) is 0 Å². The molecule has 1 aliphatic heterocycles. The molecule has 0 aromatic carbocycles. The van der Waals surface area contributed by atoms with Crippen LogP contribution in [-0.4, -0.2) is 34.1 Å². The molecule has 0 amide bonds. The molecule has 2 aromatic rings. The molecule has 3 rings (SSSR count). The van der Waals surface area contributed by atoms with Crippen LogP contribution in [0.3, 0.4) is 0 Å². The second-order valence-corrected chi connectivity index (χ2v) is 7.46. The first kappa shape index (κ1) is 19.1. The fourth-order valence-corrected chi connectivity index (χ4v) is 3.31. The number of nitrogens with zero attached hydrogens (tertiary/aromatic N) is 4. The standard InChI is InChI=1S/C20H27N5O2/c1-11(2)16-15-19(24-18(23-16)12(3)4)25(9-10-27-20(15)26)13(5)14-7-6-8-22-17(14)21/h6-8,11-13H,9-10H2,1-5H3,(H2,21,22). The van der Waals surface area contributed by atoms with E-state index in [0.29, 0.717) is 23.7 Å². The van der Waals surface area contributed by atoms with E-state index in [4.69, 9.17) is 15.5 Å². The van der Waals surface area contributed by atoms with E-state index in [-0.39, 0.29) is 30.5 Å². The Bertz CT molecular complexity index is 850. The molecule has 0 saturated carbocycles. The molecule has 144 valence electrons. The molecule has 1 aliphatic rings. The number of fused-ring (bicyclic) bond motifs is 1. The zero-order valence-electron chi connectivity index (χ0n) is 16.6. The highest BCUT2D eigenvalue weighted by Gasteiger charge is 2.33. The first-order chi connectivity index (χ1) is 12.8. The predicted molar refractivity (Wildman–Crippen MR) is 105 cm³/mol. The van der Waals surface area contributed by atoms with Gasteiger partial charge in [0.2, 0.25) is 0 Å². The highest BCUT2D eigenvalue weighted by atomic mass is 16.5. The molecule has 0 radical (unpaired) electrons. The van der Waals surface area contributed by atoms with E-state index in [0.717, 1.165) is 17.1 Å². The summed E-state index contributed by atoms with van der Waals surface area (Å²) in [7, 11) is 0. The van der Waals surface area contributed by atoms with Gasteiger partial charge >= 0.3 is 5.97 Å². The average Bonchev–Trinajstić information content (AvgIpc) is 2.79. The molecule has 7 nitrogen and oxygen atoms in total. The SMILES string of the molecule is CC(C)c1nc(C(C)C)c2c(n1)N(C(C)c1cccnc1N)CCOC2=O. The van der Waals surface area contributed by atoms with Gasteiger partial charge in [-0.2, -0.15) is 0 Å². The van der Waals surface area contributed by atoms with Gasteiger partial charge in [-0.05, 0) is 18.9 Å². The van der Waals surface area contributed by atoms with Crippen LogP contribution in [0.15, 0.2) is 18.3 Å². The van der Waals surface area contributed by atoms with Crippen molar-refractivity contribution in [2.45, 2.75) is 52.5 Å². The fourth-order valence-electron chi connectivity index (χ4n) is 3.31. The Morgan fingerprint density at radius 1 is 1.15 bits per heavy atom. The van der Waals surface area contributed by atoms with E-state index in [1.807, 2.05) is 46.8 Å². The molecule has 1 atom stereocenters. The minimum atomic E-state index is -0.363. The lowest BCUT2D eigenvalue weighted by atomic mass is 10.0. The molecule has 2 aromatic heterocycles. The van der Waals surface area contributed by atoms with Gasteiger partial charge < -0.3 is 15.4 Å². The number of pyridine rings is 1. The lowest BCUT2D eigenvalue weighted by Gasteiger charge is -2.31. The van der Waals surface area contributed by atoms with Crippen molar-refractivity contribution < 1.29 is 9.53 Å². The Hall–Kier alpha value is -2.70. The van der Waals surface area contributed by atoms with Crippen molar-refractivity contribution >= 4 is 17.6 Å². The van der Waals surface area contributed by atoms with Crippen LogP contribution in [0.25, 0.3) is 0 Å². The summed E-state index contributed by atoms with van der Waals surface area (Å²) in [6, 6.07) is 3.71. The summed E-state index contributed by atoms with van der Waals surface area (Å²) in [6.45, 7) is 11.0. The zero-order chi connectivity index (χ0) is 19.7. The number of nitrogens with two attached hydrogens (primary N) is 1. The van der Waals surface area contributed by atoms with Gasteiger partial charge in [-0.25, -0.2) is 19.7 Å². The molecular formula is C20H27N5O2. The molecule has 1 unspecified atom stereocenters. The molecule has 7 heteroatoms. The van der Waals surface area contributed by atoms with Crippen LogP contribution in [0.2, 0.25) is 0 Å². The van der Waals surface area contributed by atoms with E-state index in [2.05, 4.69) is 14.9 Å². The smallest absolute Gasteiger partial charge is 0.343 e. The first-order valence-corrected chi connectivity index (χ1v) is 9.37. The number of ether oxygens (including phenoxy) is 1. The minimum Gasteiger partial charge on any atom is -0.460 e. The Labute approximate surface area is 160 Å². The molecule has 0 spiro atoms. The molecule has 0 saturated heterocycles. The van der Waals surface area contributed by atoms with Gasteiger partial charge in [0, 0.05) is 17.7 Å². The molecule has 0 bridgehead atoms. The van der Waals surface area contributed by atoms with Gasteiger partial charge in [-0.15, -0.1) is 0 Å². The van der Waals surface area contributed by atoms with Crippen molar-refractivity contribution in [3.63, 3.8) is 0 Å². The number of anilines is 2. The van der Waals surface area contributed by atoms with Gasteiger partial charge in [0.05, 0.1) is 18.3 Å². The summed E-state index contributed by atoms with van der Waals surface area (Å²) in [5, 5.41) is 0. The summed E-state index contributed by atoms with van der Waals surface area (Å²) in [6.07, 6.45) is 1.67. The minimum absolute atomic E-state index is 0.0746. The normalized spacial score (nSPS) is 15.5. The van der Waals surface area contributed by atoms with Crippen LogP contribution in [0.4, 0.5) is 11.6 Å². The van der Waals surface area contributed by atoms with Crippen LogP contribution >= 0.6 is 0 Å². The number of nitrogen functional groups attached to an aromatic ring is 1. The zero-order valence-corrected chi connectivity index (χ0v) is 16.6. The van der Waals surface area contributed by atoms with Gasteiger partial charge in [-0.3, -0.25) is 0 Å². The molecular weight excluding hydrogens is 342 g/mol. The van der Waals surface area contributed by atoms with Crippen LogP contribution in [0, 0.1) is 0 Å². The Balaban J connectivity index is 2.21. The summed E-state index contributed by atoms with van der Waals surface area (Å²) < 4.78 is 5.46. The lowest BCUT2D eigenvalue weighted by Crippen LogP contribution is -2.31. The van der Waals surface area contributed by atoms with Crippen molar-refractivity contribution in [3.05, 3.63) is 41.0 Å². The second-order valence-electron chi connectivity index (χ2n) is 7.46. The lowest BCUT2D eigenvalue weighted by molar-refractivity contribution is 0.0523. The topological polar surface area (TPSA) is 94.2 Å². The van der Waals surface area contributed by atoms with Crippen LogP contribution in [-0.2, 0) is 4.74 Å². The third kappa shape index (κ3) is 3.59. The Morgan fingerprint density at radius 2 is 1.89 bits per heavy atom. The quantitative estimate of drug-likeness (QED) is 0.825. The average molecular weight is 369 g/mol. The van der Waals surface area contributed by atoms with Gasteiger partial charge in [-0.1, -0.05) is 33.8 Å². The van der Waals surface area contributed by atoms with Crippen molar-refractivity contribution in [1.82, 2.24) is 15.0 Å². The van der Waals surface area contributed by atoms with Gasteiger partial charge in [0.15, 0.2) is 0 Å². The van der Waals surface area contributed by atoms with E-state index in [1.165, 1.54) is 0 Å². The van der Waals surface area contributed by atoms with E-state index in [9.17, 15) is 4.79 Å². The van der Waals surface area contributed by atoms with Gasteiger partial charge in [0.1, 0.15) is 29.6 Å². The third-order valence-corrected chi connectivity index (χ3v) is 4.83. The molecule has 0 aliphatic carbocycles. The van der Waals surface area contributed by atoms with Gasteiger partial charge in [0.25, 0.3) is 0 Å². The third-order valence-electron chi connectivity index (χ3n) is 4.83. The van der Waals surface area contributed by atoms with E-state index in [1.54, 1.807) is 6.20 Å². The summed E-state index contributed by atoms with van der Waals surface area (Å²) in [4.78, 5) is 28.5. The Morgan fingerprint density at radius 3 is 2.52 bits per heavy atom. The number of carbonyl (C=O) groups excluding carboxylic acids is 1. The summed E-state index contributed by atoms with van der Waals surface area (Å²) >= 11 is 0. The highest BCUT2D eigenvalue weighted by Crippen LogP contribution is 2.35. The largest absolute Gasteiger partial charge is 0.460 e. The maximum atomic E-state index is 12.7. The Kier molecular flexibility index (Phi) is 5.30. The monoisotopic (exact) mass is 369 g/mol. The number of hydrogen-bond acceptors (Lipinski definition) is 7. The molecule has 27 heavy (non-hydrogen) atoms. The summed E-state index contributed by atoms with van der Waals surface area (Å²) in [5.74, 6) is 1.68. The predicted octanol–water partition coefficient (Wildman–Crippen LogP) is 3.44. The number of hydrogen-bond donors (Lipinski definition) is 1. The first-order valence-electron chi connectivity index (χ1n) is 9.37. The van der Waals surface area contributed by atoms with Crippen molar-refractivity contribution in [3.8, 4) is 0 Å². The van der Waals surface area contributed by atoms with Crippen LogP contribution < -0.4 is 10.6 Å². The number of cyclic esters (lactones) is 1. The molecule has 2 N–H and O–H groups in total. The number of carbonyl (C=O) groups is 1. The number of esters is 1. The molecule has 3 heterocycles. The van der Waals surface area contributed by atoms with Crippen molar-refractivity contribution in [2.75, 3.05) is 23.8 Å². The maximum absolute atomic E-state index is 12.7. The number of aromatic nitrogens is 3. The van der Waals surface area contributed by atoms with E-state index >= 15 is 0 Å². The fraction of sp³-hybridized carbons (Fsp3) is 0.500. The van der Waals surface area contributed by atoms with Crippen molar-refractivity contribution in [2.24, 2.45) is 0 Å². The van der Waals surface area contributed by atoms with Crippen LogP contribution in [0.1, 0.15) is 79.9 Å². The maximum Gasteiger partial charge on any atom is 0.343 e. The summed E-state index contributed by atoms with van der Waals surface area (Å²) in [5.41, 5.74) is 8.19. The molecule has 0 fully saturated rings. The number of rotatable bonds is 4. The van der Waals surface area contributed by atoms with Crippen molar-refractivity contribution in [1.29, 1.82) is 0 Å². The van der Waals surface area contributed by atoms with E-state index < -0.39 is 0 Å². The second kappa shape index (κ2) is 7.50.